The van der Waals surface area contributed by atoms with Crippen LogP contribution in [-0.2, 0) is 5.41 Å². The first-order chi connectivity index (χ1) is 8.36. The number of carbonyl (C=O) groups excluding carboxylic acids is 1. The quantitative estimate of drug-likeness (QED) is 0.871. The lowest BCUT2D eigenvalue weighted by Gasteiger charge is -2.12. The molecule has 0 aromatic carbocycles. The van der Waals surface area contributed by atoms with Crippen molar-refractivity contribution >= 4 is 22.4 Å². The lowest BCUT2D eigenvalue weighted by Crippen LogP contribution is -2.16. The monoisotopic (exact) mass is 265 g/mol. The molecule has 1 amide bonds. The summed E-state index contributed by atoms with van der Waals surface area (Å²) in [5, 5.41) is 9.92. The number of hydrogen-bond acceptors (Lipinski definition) is 5. The molecule has 0 aliphatic carbocycles. The first kappa shape index (κ1) is 12.7. The molecule has 0 saturated carbocycles. The van der Waals surface area contributed by atoms with Gasteiger partial charge in [0.05, 0.1) is 0 Å². The van der Waals surface area contributed by atoms with Gasteiger partial charge in [0.2, 0.25) is 5.82 Å². The van der Waals surface area contributed by atoms with Gasteiger partial charge >= 0.3 is 0 Å². The van der Waals surface area contributed by atoms with E-state index in [2.05, 4.69) is 25.5 Å². The van der Waals surface area contributed by atoms with Crippen LogP contribution in [0.5, 0.6) is 0 Å². The number of aromatic nitrogens is 4. The molecule has 0 aliphatic rings. The van der Waals surface area contributed by atoms with E-state index in [1.165, 1.54) is 11.3 Å². The highest BCUT2D eigenvalue weighted by atomic mass is 32.1. The number of anilines is 1. The fraction of sp³-hybridized carbons (Fsp3) is 0.455. The molecule has 2 heterocycles. The number of nitrogens with zero attached hydrogens (tertiary/aromatic N) is 3. The van der Waals surface area contributed by atoms with Gasteiger partial charge in [-0.2, -0.15) is 0 Å². The van der Waals surface area contributed by atoms with Gasteiger partial charge in [-0.15, -0.1) is 16.4 Å². The molecule has 0 saturated heterocycles. The van der Waals surface area contributed by atoms with Crippen molar-refractivity contribution in [1.29, 1.82) is 0 Å². The van der Waals surface area contributed by atoms with Crippen molar-refractivity contribution in [2.75, 3.05) is 5.32 Å². The predicted molar refractivity (Wildman–Crippen MR) is 69.9 cm³/mol. The van der Waals surface area contributed by atoms with Crippen LogP contribution in [0.15, 0.2) is 6.20 Å². The summed E-state index contributed by atoms with van der Waals surface area (Å²) >= 11 is 1.41. The minimum absolute atomic E-state index is 0.132. The van der Waals surface area contributed by atoms with Gasteiger partial charge in [0.25, 0.3) is 5.91 Å². The van der Waals surface area contributed by atoms with E-state index in [4.69, 9.17) is 0 Å². The van der Waals surface area contributed by atoms with Crippen LogP contribution in [0.2, 0.25) is 0 Å². The van der Waals surface area contributed by atoms with Gasteiger partial charge in [-0.05, 0) is 6.92 Å². The Morgan fingerprint density at radius 3 is 2.67 bits per heavy atom. The Balaban J connectivity index is 2.12. The Kier molecular flexibility index (Phi) is 3.16. The molecule has 96 valence electrons. The second kappa shape index (κ2) is 4.49. The Morgan fingerprint density at radius 1 is 1.44 bits per heavy atom. The van der Waals surface area contributed by atoms with Gasteiger partial charge in [0, 0.05) is 16.5 Å². The number of amides is 1. The second-order valence-corrected chi connectivity index (χ2v) is 6.22. The van der Waals surface area contributed by atoms with E-state index in [1.807, 2.05) is 27.7 Å². The zero-order valence-electron chi connectivity index (χ0n) is 10.7. The van der Waals surface area contributed by atoms with Crippen molar-refractivity contribution in [1.82, 2.24) is 20.2 Å². The molecule has 2 aromatic heterocycles. The van der Waals surface area contributed by atoms with E-state index < -0.39 is 0 Å². The number of aryl methyl sites for hydroxylation is 1. The zero-order chi connectivity index (χ0) is 13.3. The lowest BCUT2D eigenvalue weighted by atomic mass is 9.96. The molecule has 0 unspecified atom stereocenters. The van der Waals surface area contributed by atoms with Crippen LogP contribution < -0.4 is 5.32 Å². The van der Waals surface area contributed by atoms with E-state index in [-0.39, 0.29) is 17.1 Å². The maximum atomic E-state index is 11.9. The first-order valence-corrected chi connectivity index (χ1v) is 6.34. The highest BCUT2D eigenvalue weighted by Crippen LogP contribution is 2.19. The minimum atomic E-state index is -0.351. The zero-order valence-corrected chi connectivity index (χ0v) is 11.6. The molecule has 0 aliphatic heterocycles. The van der Waals surface area contributed by atoms with Crippen LogP contribution in [0.3, 0.4) is 0 Å². The van der Waals surface area contributed by atoms with E-state index in [0.717, 1.165) is 4.88 Å². The summed E-state index contributed by atoms with van der Waals surface area (Å²) in [4.78, 5) is 21.2. The van der Waals surface area contributed by atoms with Gasteiger partial charge in [0.15, 0.2) is 5.13 Å². The molecule has 0 spiro atoms. The smallest absolute Gasteiger partial charge is 0.295 e. The molecule has 6 nitrogen and oxygen atoms in total. The maximum absolute atomic E-state index is 11.9. The summed E-state index contributed by atoms with van der Waals surface area (Å²) in [6.45, 7) is 7.93. The van der Waals surface area contributed by atoms with Crippen molar-refractivity contribution in [2.45, 2.75) is 33.1 Å². The predicted octanol–water partition coefficient (Wildman–Crippen LogP) is 2.12. The average molecular weight is 265 g/mol. The minimum Gasteiger partial charge on any atom is -0.295 e. The molecule has 0 fully saturated rings. The summed E-state index contributed by atoms with van der Waals surface area (Å²) in [6, 6.07) is 0. The molecule has 2 aromatic rings. The molecule has 0 atom stereocenters. The molecule has 0 radical (unpaired) electrons. The number of hydrogen-bond donors (Lipinski definition) is 2. The molecule has 2 N–H and O–H groups in total. The van der Waals surface area contributed by atoms with Crippen molar-refractivity contribution in [3.63, 3.8) is 0 Å². The lowest BCUT2D eigenvalue weighted by molar-refractivity contribution is 0.101. The Bertz CT molecular complexity index is 566. The molecular formula is C11H15N5OS. The summed E-state index contributed by atoms with van der Waals surface area (Å²) in [5.74, 6) is 0.465. The van der Waals surface area contributed by atoms with Crippen LogP contribution in [0.1, 0.15) is 42.1 Å². The molecule has 0 bridgehead atoms. The number of H-pyrrole nitrogens is 1. The number of rotatable bonds is 2. The fourth-order valence-corrected chi connectivity index (χ4v) is 1.92. The Hall–Kier alpha value is -1.76. The van der Waals surface area contributed by atoms with Crippen molar-refractivity contribution in [3.05, 3.63) is 22.7 Å². The Labute approximate surface area is 109 Å². The third kappa shape index (κ3) is 2.73. The summed E-state index contributed by atoms with van der Waals surface area (Å²) < 4.78 is 0. The molecule has 18 heavy (non-hydrogen) atoms. The SMILES string of the molecule is Cc1cnc(NC(=O)c2n[nH]c(C(C)(C)C)n2)s1. The number of nitrogens with one attached hydrogen (secondary N) is 2. The van der Waals surface area contributed by atoms with Crippen LogP contribution >= 0.6 is 11.3 Å². The van der Waals surface area contributed by atoms with Gasteiger partial charge in [-0.25, -0.2) is 9.97 Å². The third-order valence-corrected chi connectivity index (χ3v) is 3.07. The van der Waals surface area contributed by atoms with Crippen LogP contribution in [0.4, 0.5) is 5.13 Å². The van der Waals surface area contributed by atoms with E-state index in [1.54, 1.807) is 6.20 Å². The fourth-order valence-electron chi connectivity index (χ4n) is 1.26. The topological polar surface area (TPSA) is 83.6 Å². The average Bonchev–Trinajstić information content (AvgIpc) is 2.85. The van der Waals surface area contributed by atoms with Gasteiger partial charge in [0.1, 0.15) is 5.82 Å². The summed E-state index contributed by atoms with van der Waals surface area (Å²) in [6.07, 6.45) is 1.71. The standard InChI is InChI=1S/C11H15N5OS/c1-6-5-12-10(18-6)14-8(17)7-13-9(16-15-7)11(2,3)4/h5H,1-4H3,(H,12,14,17)(H,13,15,16). The summed E-state index contributed by atoms with van der Waals surface area (Å²) in [5.41, 5.74) is -0.163. The summed E-state index contributed by atoms with van der Waals surface area (Å²) in [7, 11) is 0. The highest BCUT2D eigenvalue weighted by Gasteiger charge is 2.21. The first-order valence-electron chi connectivity index (χ1n) is 5.53. The van der Waals surface area contributed by atoms with Gasteiger partial charge in [-0.3, -0.25) is 15.2 Å². The largest absolute Gasteiger partial charge is 0.297 e. The van der Waals surface area contributed by atoms with Crippen molar-refractivity contribution < 1.29 is 4.79 Å². The molecule has 2 rings (SSSR count). The van der Waals surface area contributed by atoms with Crippen molar-refractivity contribution in [3.8, 4) is 0 Å². The second-order valence-electron chi connectivity index (χ2n) is 4.99. The van der Waals surface area contributed by atoms with Gasteiger partial charge < -0.3 is 0 Å². The van der Waals surface area contributed by atoms with E-state index in [0.29, 0.717) is 11.0 Å². The molecular weight excluding hydrogens is 250 g/mol. The Morgan fingerprint density at radius 2 is 2.17 bits per heavy atom. The normalized spacial score (nSPS) is 11.6. The van der Waals surface area contributed by atoms with Gasteiger partial charge in [-0.1, -0.05) is 20.8 Å². The van der Waals surface area contributed by atoms with E-state index in [9.17, 15) is 4.79 Å². The van der Waals surface area contributed by atoms with Crippen molar-refractivity contribution in [2.24, 2.45) is 0 Å². The van der Waals surface area contributed by atoms with E-state index >= 15 is 0 Å². The maximum Gasteiger partial charge on any atom is 0.297 e. The number of thiazole rings is 1. The van der Waals surface area contributed by atoms with Crippen LogP contribution in [-0.4, -0.2) is 26.1 Å². The number of carbonyl (C=O) groups is 1. The van der Waals surface area contributed by atoms with Crippen LogP contribution in [0.25, 0.3) is 0 Å². The van der Waals surface area contributed by atoms with Crippen LogP contribution in [0, 0.1) is 6.92 Å². The molecule has 7 heteroatoms. The third-order valence-electron chi connectivity index (χ3n) is 2.24. The highest BCUT2D eigenvalue weighted by molar-refractivity contribution is 7.15. The number of aromatic amines is 1.